The van der Waals surface area contributed by atoms with E-state index < -0.39 is 5.92 Å². The molecule has 5 atom stereocenters. The van der Waals surface area contributed by atoms with E-state index in [1.54, 1.807) is 0 Å². The number of hydrogen-bond acceptors (Lipinski definition) is 4. The minimum atomic E-state index is -0.594. The number of carbonyl (C=O) groups is 1. The zero-order chi connectivity index (χ0) is 16.9. The predicted octanol–water partition coefficient (Wildman–Crippen LogP) is 1.45. The summed E-state index contributed by atoms with van der Waals surface area (Å²) in [6, 6.07) is 10.2. The lowest BCUT2D eigenvalue weighted by atomic mass is 9.95. The Morgan fingerprint density at radius 2 is 1.92 bits per heavy atom. The molecule has 130 valence electrons. The number of likely N-dealkylation sites (N-methyl/N-ethyl adjacent to an activating group) is 1. The van der Waals surface area contributed by atoms with Crippen molar-refractivity contribution in [2.45, 2.75) is 56.1 Å². The number of esters is 1. The number of aliphatic hydroxyl groups is 1. The molecule has 3 fully saturated rings. The highest BCUT2D eigenvalue weighted by molar-refractivity contribution is 5.78. The summed E-state index contributed by atoms with van der Waals surface area (Å²) >= 11 is 0. The number of carbonyl (C=O) groups excluding carboxylic acids is 1. The summed E-state index contributed by atoms with van der Waals surface area (Å²) in [5.41, 5.74) is 0.809. The van der Waals surface area contributed by atoms with Gasteiger partial charge in [0.2, 0.25) is 0 Å². The van der Waals surface area contributed by atoms with E-state index >= 15 is 0 Å². The summed E-state index contributed by atoms with van der Waals surface area (Å²) in [7, 11) is 2.31. The molecule has 1 N–H and O–H groups in total. The van der Waals surface area contributed by atoms with E-state index in [9.17, 15) is 9.90 Å². The van der Waals surface area contributed by atoms with Gasteiger partial charge in [-0.25, -0.2) is 0 Å². The molecule has 0 aliphatic carbocycles. The van der Waals surface area contributed by atoms with Gasteiger partial charge in [-0.15, -0.1) is 0 Å². The molecule has 1 aromatic carbocycles. The van der Waals surface area contributed by atoms with Gasteiger partial charge >= 0.3 is 5.97 Å². The summed E-state index contributed by atoms with van der Waals surface area (Å²) in [5.74, 6) is -0.904. The number of hydrogen-bond donors (Lipinski definition) is 1. The zero-order valence-corrected chi connectivity index (χ0v) is 14.3. The number of benzene rings is 1. The number of quaternary nitrogens is 1. The summed E-state index contributed by atoms with van der Waals surface area (Å²) in [6.07, 6.45) is 2.37. The summed E-state index contributed by atoms with van der Waals surface area (Å²) in [4.78, 5) is 12.6. The fourth-order valence-electron chi connectivity index (χ4n) is 4.87. The van der Waals surface area contributed by atoms with Crippen LogP contribution >= 0.6 is 0 Å². The molecule has 4 rings (SSSR count). The summed E-state index contributed by atoms with van der Waals surface area (Å²) < 4.78 is 12.7. The van der Waals surface area contributed by atoms with Crippen LogP contribution in [0.5, 0.6) is 0 Å². The fraction of sp³-hybridized carbons (Fsp3) is 0.632. The van der Waals surface area contributed by atoms with Gasteiger partial charge in [0.1, 0.15) is 36.3 Å². The van der Waals surface area contributed by atoms with Gasteiger partial charge < -0.3 is 19.1 Å². The monoisotopic (exact) mass is 332 g/mol. The molecule has 4 unspecified atom stereocenters. The van der Waals surface area contributed by atoms with E-state index in [2.05, 4.69) is 14.0 Å². The maximum absolute atomic E-state index is 12.6. The SMILES string of the molecule is CC[N+]1(C)C2CC(OC(=O)[C@H](CO)c3ccccc3)CC1C1OC12. The second kappa shape index (κ2) is 5.83. The second-order valence-electron chi connectivity index (χ2n) is 7.54. The number of fused-ring (bicyclic) bond motifs is 5. The lowest BCUT2D eigenvalue weighted by molar-refractivity contribution is -0.954. The Hall–Kier alpha value is -1.43. The fourth-order valence-corrected chi connectivity index (χ4v) is 4.87. The van der Waals surface area contributed by atoms with Crippen molar-refractivity contribution in [3.63, 3.8) is 0 Å². The molecule has 3 aliphatic rings. The van der Waals surface area contributed by atoms with Crippen molar-refractivity contribution < 1.29 is 23.9 Å². The van der Waals surface area contributed by atoms with Gasteiger partial charge in [-0.1, -0.05) is 30.3 Å². The van der Waals surface area contributed by atoms with Gasteiger partial charge in [-0.05, 0) is 12.5 Å². The lowest BCUT2D eigenvalue weighted by Gasteiger charge is -2.47. The lowest BCUT2D eigenvalue weighted by Crippen LogP contribution is -2.62. The van der Waals surface area contributed by atoms with Crippen molar-refractivity contribution in [2.75, 3.05) is 20.2 Å². The highest BCUT2D eigenvalue weighted by Crippen LogP contribution is 2.52. The van der Waals surface area contributed by atoms with Crippen LogP contribution in [0.3, 0.4) is 0 Å². The maximum Gasteiger partial charge on any atom is 0.316 e. The minimum absolute atomic E-state index is 0.0561. The molecule has 24 heavy (non-hydrogen) atoms. The molecule has 0 amide bonds. The average Bonchev–Trinajstić information content (AvgIpc) is 3.35. The van der Waals surface area contributed by atoms with Crippen LogP contribution in [0.25, 0.3) is 0 Å². The van der Waals surface area contributed by atoms with Crippen LogP contribution in [0.4, 0.5) is 0 Å². The van der Waals surface area contributed by atoms with Gasteiger partial charge in [-0.3, -0.25) is 4.79 Å². The third kappa shape index (κ3) is 2.38. The first-order chi connectivity index (χ1) is 11.6. The first kappa shape index (κ1) is 16.1. The number of epoxide rings is 1. The molecule has 3 heterocycles. The van der Waals surface area contributed by atoms with E-state index in [1.807, 2.05) is 30.3 Å². The third-order valence-corrected chi connectivity index (χ3v) is 6.48. The van der Waals surface area contributed by atoms with E-state index in [0.29, 0.717) is 24.3 Å². The summed E-state index contributed by atoms with van der Waals surface area (Å²) in [5, 5.41) is 9.64. The van der Waals surface area contributed by atoms with Crippen LogP contribution in [0.1, 0.15) is 31.2 Å². The number of morpholine rings is 1. The molecule has 5 heteroatoms. The maximum atomic E-state index is 12.6. The Balaban J connectivity index is 1.44. The Kier molecular flexibility index (Phi) is 3.90. The summed E-state index contributed by atoms with van der Waals surface area (Å²) in [6.45, 7) is 3.10. The molecule has 2 bridgehead atoms. The quantitative estimate of drug-likeness (QED) is 0.504. The first-order valence-electron chi connectivity index (χ1n) is 8.95. The van der Waals surface area contributed by atoms with Crippen molar-refractivity contribution >= 4 is 5.97 Å². The van der Waals surface area contributed by atoms with E-state index in [-0.39, 0.29) is 18.7 Å². The third-order valence-electron chi connectivity index (χ3n) is 6.48. The average molecular weight is 332 g/mol. The Labute approximate surface area is 142 Å². The van der Waals surface area contributed by atoms with E-state index in [4.69, 9.17) is 9.47 Å². The molecule has 0 saturated carbocycles. The van der Waals surface area contributed by atoms with Gasteiger partial charge in [0.15, 0.2) is 0 Å². The van der Waals surface area contributed by atoms with Crippen molar-refractivity contribution in [1.82, 2.24) is 0 Å². The normalized spacial score (nSPS) is 40.7. The Morgan fingerprint density at radius 1 is 1.29 bits per heavy atom. The number of nitrogens with zero attached hydrogens (tertiary/aromatic N) is 1. The number of piperidine rings is 1. The van der Waals surface area contributed by atoms with Crippen LogP contribution in [0.2, 0.25) is 0 Å². The van der Waals surface area contributed by atoms with Gasteiger partial charge in [0, 0.05) is 12.8 Å². The van der Waals surface area contributed by atoms with Crippen molar-refractivity contribution in [2.24, 2.45) is 0 Å². The Bertz CT molecular complexity index is 601. The second-order valence-corrected chi connectivity index (χ2v) is 7.54. The standard InChI is InChI=1S/C19H26NO4/c1-3-20(2)15-9-13(10-16(20)18-17(15)24-18)23-19(22)14(11-21)12-7-5-4-6-8-12/h4-8,13-18,21H,3,9-11H2,1-2H3/q+1/t13?,14-,15?,16?,17?,18?,20?/m1/s1. The van der Waals surface area contributed by atoms with Crippen molar-refractivity contribution in [3.05, 3.63) is 35.9 Å². The van der Waals surface area contributed by atoms with Gasteiger partial charge in [0.25, 0.3) is 0 Å². The molecular weight excluding hydrogens is 306 g/mol. The molecule has 1 aromatic rings. The number of rotatable bonds is 5. The molecule has 0 radical (unpaired) electrons. The van der Waals surface area contributed by atoms with Crippen LogP contribution < -0.4 is 0 Å². The first-order valence-corrected chi connectivity index (χ1v) is 8.95. The number of aliphatic hydroxyl groups excluding tert-OH is 1. The van der Waals surface area contributed by atoms with Crippen LogP contribution in [-0.2, 0) is 14.3 Å². The Morgan fingerprint density at radius 3 is 2.46 bits per heavy atom. The van der Waals surface area contributed by atoms with Crippen molar-refractivity contribution in [3.8, 4) is 0 Å². The van der Waals surface area contributed by atoms with Crippen LogP contribution in [0, 0.1) is 0 Å². The largest absolute Gasteiger partial charge is 0.461 e. The van der Waals surface area contributed by atoms with E-state index in [0.717, 1.165) is 29.4 Å². The van der Waals surface area contributed by atoms with E-state index in [1.165, 1.54) is 0 Å². The number of ether oxygens (including phenoxy) is 2. The molecule has 0 aromatic heterocycles. The predicted molar refractivity (Wildman–Crippen MR) is 88.3 cm³/mol. The molecule has 5 nitrogen and oxygen atoms in total. The molecular formula is C19H26NO4+. The minimum Gasteiger partial charge on any atom is -0.461 e. The van der Waals surface area contributed by atoms with Crippen molar-refractivity contribution in [1.29, 1.82) is 0 Å². The zero-order valence-electron chi connectivity index (χ0n) is 14.3. The van der Waals surface area contributed by atoms with Gasteiger partial charge in [0.05, 0.1) is 20.2 Å². The molecule has 3 saturated heterocycles. The van der Waals surface area contributed by atoms with Crippen LogP contribution in [-0.4, -0.2) is 66.2 Å². The van der Waals surface area contributed by atoms with Crippen LogP contribution in [0.15, 0.2) is 30.3 Å². The topological polar surface area (TPSA) is 59.1 Å². The molecule has 3 aliphatic heterocycles. The highest BCUT2D eigenvalue weighted by Gasteiger charge is 2.71. The van der Waals surface area contributed by atoms with Gasteiger partial charge in [-0.2, -0.15) is 0 Å². The smallest absolute Gasteiger partial charge is 0.316 e. The highest BCUT2D eigenvalue weighted by atomic mass is 16.6. The molecule has 0 spiro atoms.